The fraction of sp³-hybridized carbons (Fsp3) is 0.400. The van der Waals surface area contributed by atoms with E-state index in [4.69, 9.17) is 0 Å². The van der Waals surface area contributed by atoms with Gasteiger partial charge in [0, 0.05) is 13.6 Å². The number of sulfonamides is 1. The van der Waals surface area contributed by atoms with Crippen molar-refractivity contribution in [3.8, 4) is 0 Å². The van der Waals surface area contributed by atoms with Gasteiger partial charge in [-0.2, -0.15) is 4.31 Å². The fourth-order valence-electron chi connectivity index (χ4n) is 2.13. The van der Waals surface area contributed by atoms with E-state index in [1.165, 1.54) is 16.1 Å². The molecule has 1 aromatic carbocycles. The number of nitrogens with zero attached hydrogens (tertiary/aromatic N) is 2. The Labute approximate surface area is 126 Å². The van der Waals surface area contributed by atoms with Gasteiger partial charge in [0.25, 0.3) is 10.0 Å². The maximum Gasteiger partial charge on any atom is 0.259 e. The maximum atomic E-state index is 12.3. The van der Waals surface area contributed by atoms with E-state index in [9.17, 15) is 8.42 Å². The summed E-state index contributed by atoms with van der Waals surface area (Å²) >= 11 is 0. The molecule has 1 aromatic heterocycles. The molecule has 1 N–H and O–H groups in total. The molecule has 1 heterocycles. The predicted octanol–water partition coefficient (Wildman–Crippen LogP) is 2.36. The first-order valence-corrected chi connectivity index (χ1v) is 8.46. The molecule has 2 rings (SSSR count). The van der Waals surface area contributed by atoms with Gasteiger partial charge >= 0.3 is 0 Å². The van der Waals surface area contributed by atoms with E-state index in [-0.39, 0.29) is 5.03 Å². The molecule has 0 bridgehead atoms. The molecule has 21 heavy (non-hydrogen) atoms. The van der Waals surface area contributed by atoms with Crippen LogP contribution in [0.3, 0.4) is 0 Å². The van der Waals surface area contributed by atoms with Gasteiger partial charge in [0.15, 0.2) is 5.03 Å². The van der Waals surface area contributed by atoms with Crippen LogP contribution in [0, 0.1) is 6.92 Å². The van der Waals surface area contributed by atoms with E-state index in [0.29, 0.717) is 12.4 Å². The third-order valence-corrected chi connectivity index (χ3v) is 5.17. The maximum absolute atomic E-state index is 12.3. The fourth-order valence-corrected chi connectivity index (χ4v) is 3.29. The number of aromatic nitrogens is 2. The first-order chi connectivity index (χ1) is 10.00. The van der Waals surface area contributed by atoms with Gasteiger partial charge in [0.05, 0.1) is 6.20 Å². The van der Waals surface area contributed by atoms with Gasteiger partial charge in [-0.1, -0.05) is 30.3 Å². The first kappa shape index (κ1) is 15.7. The lowest BCUT2D eigenvalue weighted by atomic mass is 10.1. The Hall–Kier alpha value is -1.66. The Balaban J connectivity index is 1.83. The zero-order valence-electron chi connectivity index (χ0n) is 12.4. The average molecular weight is 307 g/mol. The number of nitrogens with one attached hydrogen (secondary N) is 1. The molecular weight excluding hydrogens is 286 g/mol. The standard InChI is InChI=1S/C15H21N3O2S/c1-13-16-12-15(17-13)21(19,20)18(2)11-7-6-10-14-8-4-3-5-9-14/h3-5,8-9,12H,6-7,10-11H2,1-2H3,(H,16,17). The van der Waals surface area contributed by atoms with Crippen LogP contribution in [0.4, 0.5) is 0 Å². The van der Waals surface area contributed by atoms with Crippen molar-refractivity contribution in [2.24, 2.45) is 0 Å². The first-order valence-electron chi connectivity index (χ1n) is 7.02. The minimum absolute atomic E-state index is 0.158. The molecule has 0 aliphatic carbocycles. The summed E-state index contributed by atoms with van der Waals surface area (Å²) < 4.78 is 25.9. The highest BCUT2D eigenvalue weighted by atomic mass is 32.2. The Morgan fingerprint density at radius 3 is 2.52 bits per heavy atom. The number of benzene rings is 1. The van der Waals surface area contributed by atoms with E-state index in [2.05, 4.69) is 22.1 Å². The summed E-state index contributed by atoms with van der Waals surface area (Å²) in [6, 6.07) is 10.2. The van der Waals surface area contributed by atoms with Crippen molar-refractivity contribution in [3.63, 3.8) is 0 Å². The molecule has 0 spiro atoms. The Kier molecular flexibility index (Phi) is 5.14. The van der Waals surface area contributed by atoms with Crippen LogP contribution < -0.4 is 0 Å². The zero-order chi connectivity index (χ0) is 15.3. The summed E-state index contributed by atoms with van der Waals surface area (Å²) in [5, 5.41) is 0.158. The molecule has 0 amide bonds. The molecule has 0 atom stereocenters. The van der Waals surface area contributed by atoms with Gasteiger partial charge in [-0.05, 0) is 31.7 Å². The van der Waals surface area contributed by atoms with E-state index < -0.39 is 10.0 Å². The molecule has 0 fully saturated rings. The van der Waals surface area contributed by atoms with Gasteiger partial charge in [-0.3, -0.25) is 0 Å². The number of H-pyrrole nitrogens is 1. The normalized spacial score (nSPS) is 12.0. The molecule has 114 valence electrons. The summed E-state index contributed by atoms with van der Waals surface area (Å²) in [6.45, 7) is 2.24. The Morgan fingerprint density at radius 2 is 1.90 bits per heavy atom. The third kappa shape index (κ3) is 4.15. The van der Waals surface area contributed by atoms with Crippen molar-refractivity contribution >= 4 is 10.0 Å². The number of rotatable bonds is 7. The number of unbranched alkanes of at least 4 members (excludes halogenated alkanes) is 1. The van der Waals surface area contributed by atoms with Crippen LogP contribution in [0.15, 0.2) is 41.6 Å². The van der Waals surface area contributed by atoms with Crippen LogP contribution in [0.5, 0.6) is 0 Å². The highest BCUT2D eigenvalue weighted by Crippen LogP contribution is 2.13. The largest absolute Gasteiger partial charge is 0.332 e. The van der Waals surface area contributed by atoms with Gasteiger partial charge in [-0.25, -0.2) is 13.4 Å². The molecule has 6 heteroatoms. The van der Waals surface area contributed by atoms with Crippen molar-refractivity contribution in [3.05, 3.63) is 47.9 Å². The number of aromatic amines is 1. The second kappa shape index (κ2) is 6.87. The van der Waals surface area contributed by atoms with Crippen LogP contribution in [0.2, 0.25) is 0 Å². The number of hydrogen-bond donors (Lipinski definition) is 1. The highest BCUT2D eigenvalue weighted by Gasteiger charge is 2.22. The quantitative estimate of drug-likeness (QED) is 0.799. The van der Waals surface area contributed by atoms with Gasteiger partial charge in [0.1, 0.15) is 5.82 Å². The molecule has 0 saturated carbocycles. The minimum atomic E-state index is -3.45. The van der Waals surface area contributed by atoms with Crippen molar-refractivity contribution in [2.75, 3.05) is 13.6 Å². The second-order valence-electron chi connectivity index (χ2n) is 5.10. The van der Waals surface area contributed by atoms with E-state index in [1.807, 2.05) is 18.2 Å². The van der Waals surface area contributed by atoms with E-state index in [1.54, 1.807) is 14.0 Å². The van der Waals surface area contributed by atoms with Crippen molar-refractivity contribution in [1.29, 1.82) is 0 Å². The lowest BCUT2D eigenvalue weighted by Crippen LogP contribution is -2.28. The van der Waals surface area contributed by atoms with Crippen LogP contribution in [-0.2, 0) is 16.4 Å². The van der Waals surface area contributed by atoms with Crippen LogP contribution >= 0.6 is 0 Å². The SMILES string of the molecule is Cc1ncc(S(=O)(=O)N(C)CCCCc2ccccc2)[nH]1. The summed E-state index contributed by atoms with van der Waals surface area (Å²) in [5.74, 6) is 0.603. The monoisotopic (exact) mass is 307 g/mol. The van der Waals surface area contributed by atoms with Crippen molar-refractivity contribution in [1.82, 2.24) is 14.3 Å². The smallest absolute Gasteiger partial charge is 0.259 e. The summed E-state index contributed by atoms with van der Waals surface area (Å²) in [6.07, 6.45) is 4.13. The minimum Gasteiger partial charge on any atom is -0.332 e. The van der Waals surface area contributed by atoms with E-state index >= 15 is 0 Å². The molecule has 0 unspecified atom stereocenters. The van der Waals surface area contributed by atoms with Crippen LogP contribution in [-0.4, -0.2) is 36.3 Å². The Bertz CT molecular complexity index is 665. The number of imidazole rings is 1. The van der Waals surface area contributed by atoms with Gasteiger partial charge in [0.2, 0.25) is 0 Å². The van der Waals surface area contributed by atoms with Crippen molar-refractivity contribution < 1.29 is 8.42 Å². The summed E-state index contributed by atoms with van der Waals surface area (Å²) in [5.41, 5.74) is 1.28. The van der Waals surface area contributed by atoms with Crippen LogP contribution in [0.1, 0.15) is 24.2 Å². The van der Waals surface area contributed by atoms with E-state index in [0.717, 1.165) is 19.3 Å². The highest BCUT2D eigenvalue weighted by molar-refractivity contribution is 7.89. The zero-order valence-corrected chi connectivity index (χ0v) is 13.2. The van der Waals surface area contributed by atoms with Crippen LogP contribution in [0.25, 0.3) is 0 Å². The molecular formula is C15H21N3O2S. The molecule has 5 nitrogen and oxygen atoms in total. The Morgan fingerprint density at radius 1 is 1.19 bits per heavy atom. The lowest BCUT2D eigenvalue weighted by Gasteiger charge is -2.15. The average Bonchev–Trinajstić information content (AvgIpc) is 2.92. The molecule has 0 aliphatic heterocycles. The molecule has 2 aromatic rings. The van der Waals surface area contributed by atoms with Crippen molar-refractivity contribution in [2.45, 2.75) is 31.2 Å². The number of aryl methyl sites for hydroxylation is 2. The van der Waals surface area contributed by atoms with Gasteiger partial charge < -0.3 is 4.98 Å². The molecule has 0 saturated heterocycles. The number of hydrogen-bond acceptors (Lipinski definition) is 3. The molecule has 0 radical (unpaired) electrons. The molecule has 0 aliphatic rings. The summed E-state index contributed by atoms with van der Waals surface area (Å²) in [4.78, 5) is 6.71. The van der Waals surface area contributed by atoms with Gasteiger partial charge in [-0.15, -0.1) is 0 Å². The summed E-state index contributed by atoms with van der Waals surface area (Å²) in [7, 11) is -1.84. The predicted molar refractivity (Wildman–Crippen MR) is 82.5 cm³/mol. The third-order valence-electron chi connectivity index (χ3n) is 3.40. The topological polar surface area (TPSA) is 66.1 Å². The lowest BCUT2D eigenvalue weighted by molar-refractivity contribution is 0.453. The second-order valence-corrected chi connectivity index (χ2v) is 7.12.